The fraction of sp³-hybridized carbons (Fsp3) is 0.0625. The third-order valence-corrected chi connectivity index (χ3v) is 3.73. The van der Waals surface area contributed by atoms with Crippen LogP contribution in [0.2, 0.25) is 5.02 Å². The minimum absolute atomic E-state index is 0.00217. The summed E-state index contributed by atoms with van der Waals surface area (Å²) in [6.45, 7) is 2.00. The molecule has 0 radical (unpaired) electrons. The lowest BCUT2D eigenvalue weighted by atomic mass is 10.0. The molecular weight excluding hydrogens is 338 g/mol. The summed E-state index contributed by atoms with van der Waals surface area (Å²) >= 11 is 9.15. The van der Waals surface area contributed by atoms with Gasteiger partial charge in [-0.25, -0.2) is 0 Å². The Labute approximate surface area is 131 Å². The quantitative estimate of drug-likeness (QED) is 0.600. The topological polar surface area (TPSA) is 44.0 Å². The number of aryl methyl sites for hydroxylation is 1. The van der Waals surface area contributed by atoms with Crippen molar-refractivity contribution in [1.29, 1.82) is 5.26 Å². The second kappa shape index (κ2) is 6.13. The third kappa shape index (κ3) is 3.22. The highest BCUT2D eigenvalue weighted by Gasteiger charge is 2.07. The molecule has 0 unspecified atom stereocenters. The van der Waals surface area contributed by atoms with Crippen molar-refractivity contribution in [2.45, 2.75) is 6.92 Å². The number of hydrogen-bond donors (Lipinski definition) is 1. The van der Waals surface area contributed by atoms with Gasteiger partial charge in [-0.2, -0.15) is 5.26 Å². The number of halogens is 2. The fourth-order valence-corrected chi connectivity index (χ4v) is 2.57. The molecule has 4 heteroatoms. The van der Waals surface area contributed by atoms with Crippen molar-refractivity contribution in [2.24, 2.45) is 0 Å². The van der Waals surface area contributed by atoms with Gasteiger partial charge in [-0.3, -0.25) is 0 Å². The van der Waals surface area contributed by atoms with Crippen LogP contribution in [0.3, 0.4) is 0 Å². The zero-order valence-corrected chi connectivity index (χ0v) is 13.0. The number of phenolic OH excluding ortho intramolecular Hbond substituents is 1. The van der Waals surface area contributed by atoms with E-state index in [0.717, 1.165) is 16.7 Å². The van der Waals surface area contributed by atoms with Gasteiger partial charge in [0.05, 0.1) is 21.1 Å². The van der Waals surface area contributed by atoms with Crippen LogP contribution in [0.15, 0.2) is 40.9 Å². The standard InChI is InChI=1S/C16H11BrClNO/c1-10-2-4-12(5-3-10)13(9-19)6-11-7-14(17)16(20)15(18)8-11/h2-8,20H,1H3/b13-6-. The van der Waals surface area contributed by atoms with Crippen LogP contribution in [-0.4, -0.2) is 5.11 Å². The molecule has 0 aliphatic heterocycles. The maximum atomic E-state index is 9.61. The molecule has 0 aliphatic rings. The van der Waals surface area contributed by atoms with Gasteiger partial charge in [-0.15, -0.1) is 0 Å². The summed E-state index contributed by atoms with van der Waals surface area (Å²) in [5, 5.41) is 19.1. The van der Waals surface area contributed by atoms with Crippen LogP contribution in [-0.2, 0) is 0 Å². The number of nitriles is 1. The summed E-state index contributed by atoms with van der Waals surface area (Å²) in [5.41, 5.74) is 3.27. The van der Waals surface area contributed by atoms with E-state index in [2.05, 4.69) is 22.0 Å². The maximum Gasteiger partial charge on any atom is 0.148 e. The van der Waals surface area contributed by atoms with Crippen LogP contribution < -0.4 is 0 Å². The molecule has 2 aromatic carbocycles. The molecule has 2 nitrogen and oxygen atoms in total. The molecule has 0 aliphatic carbocycles. The lowest BCUT2D eigenvalue weighted by Crippen LogP contribution is -1.83. The molecule has 0 aromatic heterocycles. The van der Waals surface area contributed by atoms with Crippen molar-refractivity contribution in [3.63, 3.8) is 0 Å². The zero-order valence-electron chi connectivity index (χ0n) is 10.7. The number of benzene rings is 2. The summed E-state index contributed by atoms with van der Waals surface area (Å²) in [4.78, 5) is 0. The van der Waals surface area contributed by atoms with E-state index in [-0.39, 0.29) is 10.8 Å². The molecule has 0 saturated heterocycles. The summed E-state index contributed by atoms with van der Waals surface area (Å²) in [5.74, 6) is -0.00217. The lowest BCUT2D eigenvalue weighted by molar-refractivity contribution is 0.472. The van der Waals surface area contributed by atoms with Crippen LogP contribution in [0, 0.1) is 18.3 Å². The Morgan fingerprint density at radius 1 is 1.30 bits per heavy atom. The van der Waals surface area contributed by atoms with Crippen LogP contribution >= 0.6 is 27.5 Å². The molecule has 0 heterocycles. The van der Waals surface area contributed by atoms with E-state index in [0.29, 0.717) is 10.0 Å². The minimum Gasteiger partial charge on any atom is -0.505 e. The smallest absolute Gasteiger partial charge is 0.148 e. The molecule has 2 aromatic rings. The van der Waals surface area contributed by atoms with Crippen molar-refractivity contribution < 1.29 is 5.11 Å². The van der Waals surface area contributed by atoms with E-state index < -0.39 is 0 Å². The SMILES string of the molecule is Cc1ccc(/C(C#N)=C\c2cc(Cl)c(O)c(Br)c2)cc1. The van der Waals surface area contributed by atoms with Gasteiger partial charge < -0.3 is 5.11 Å². The van der Waals surface area contributed by atoms with Gasteiger partial charge in [0.15, 0.2) is 0 Å². The number of nitrogens with zero attached hydrogens (tertiary/aromatic N) is 1. The van der Waals surface area contributed by atoms with E-state index in [1.807, 2.05) is 31.2 Å². The summed E-state index contributed by atoms with van der Waals surface area (Å²) < 4.78 is 0.498. The van der Waals surface area contributed by atoms with Gasteiger partial charge in [0.25, 0.3) is 0 Å². The first-order chi connectivity index (χ1) is 9.51. The Balaban J connectivity index is 2.47. The van der Waals surface area contributed by atoms with E-state index in [1.54, 1.807) is 18.2 Å². The largest absolute Gasteiger partial charge is 0.505 e. The van der Waals surface area contributed by atoms with Gasteiger partial charge in [-0.05, 0) is 52.2 Å². The summed E-state index contributed by atoms with van der Waals surface area (Å²) in [7, 11) is 0. The van der Waals surface area contributed by atoms with Crippen molar-refractivity contribution in [2.75, 3.05) is 0 Å². The Morgan fingerprint density at radius 2 is 1.95 bits per heavy atom. The first kappa shape index (κ1) is 14.6. The Morgan fingerprint density at radius 3 is 2.50 bits per heavy atom. The molecular formula is C16H11BrClNO. The number of rotatable bonds is 2. The van der Waals surface area contributed by atoms with E-state index in [4.69, 9.17) is 11.6 Å². The Kier molecular flexibility index (Phi) is 4.49. The fourth-order valence-electron chi connectivity index (χ4n) is 1.75. The maximum absolute atomic E-state index is 9.61. The first-order valence-electron chi connectivity index (χ1n) is 5.88. The molecule has 0 atom stereocenters. The monoisotopic (exact) mass is 347 g/mol. The number of hydrogen-bond acceptors (Lipinski definition) is 2. The van der Waals surface area contributed by atoms with Crippen molar-refractivity contribution in [3.8, 4) is 11.8 Å². The van der Waals surface area contributed by atoms with Gasteiger partial charge in [0, 0.05) is 0 Å². The highest BCUT2D eigenvalue weighted by molar-refractivity contribution is 9.10. The summed E-state index contributed by atoms with van der Waals surface area (Å²) in [6.07, 6.45) is 1.74. The first-order valence-corrected chi connectivity index (χ1v) is 7.05. The van der Waals surface area contributed by atoms with Crippen LogP contribution in [0.1, 0.15) is 16.7 Å². The predicted molar refractivity (Wildman–Crippen MR) is 85.5 cm³/mol. The number of aromatic hydroxyl groups is 1. The normalized spacial score (nSPS) is 11.2. The molecule has 100 valence electrons. The van der Waals surface area contributed by atoms with Gasteiger partial charge in [-0.1, -0.05) is 41.4 Å². The predicted octanol–water partition coefficient (Wildman–Crippen LogP) is 5.18. The summed E-state index contributed by atoms with van der Waals surface area (Å²) in [6, 6.07) is 13.2. The molecule has 1 N–H and O–H groups in total. The molecule has 0 fully saturated rings. The Bertz CT molecular complexity index is 691. The minimum atomic E-state index is -0.00217. The van der Waals surface area contributed by atoms with Crippen molar-refractivity contribution in [3.05, 3.63) is 62.6 Å². The average Bonchev–Trinajstić information content (AvgIpc) is 2.43. The van der Waals surface area contributed by atoms with Crippen molar-refractivity contribution in [1.82, 2.24) is 0 Å². The van der Waals surface area contributed by atoms with Crippen LogP contribution in [0.25, 0.3) is 11.6 Å². The molecule has 0 spiro atoms. The lowest BCUT2D eigenvalue weighted by Gasteiger charge is -2.04. The molecule has 2 rings (SSSR count). The molecule has 0 bridgehead atoms. The van der Waals surface area contributed by atoms with E-state index in [1.165, 1.54) is 0 Å². The second-order valence-electron chi connectivity index (χ2n) is 4.37. The highest BCUT2D eigenvalue weighted by Crippen LogP contribution is 2.34. The van der Waals surface area contributed by atoms with Gasteiger partial charge >= 0.3 is 0 Å². The molecule has 20 heavy (non-hydrogen) atoms. The van der Waals surface area contributed by atoms with Crippen molar-refractivity contribution >= 4 is 39.2 Å². The van der Waals surface area contributed by atoms with Crippen LogP contribution in [0.5, 0.6) is 5.75 Å². The number of phenols is 1. The molecule has 0 saturated carbocycles. The van der Waals surface area contributed by atoms with Crippen LogP contribution in [0.4, 0.5) is 0 Å². The zero-order chi connectivity index (χ0) is 14.7. The highest BCUT2D eigenvalue weighted by atomic mass is 79.9. The second-order valence-corrected chi connectivity index (χ2v) is 5.63. The third-order valence-electron chi connectivity index (χ3n) is 2.83. The number of allylic oxidation sites excluding steroid dienone is 1. The average molecular weight is 349 g/mol. The van der Waals surface area contributed by atoms with E-state index in [9.17, 15) is 10.4 Å². The van der Waals surface area contributed by atoms with Gasteiger partial charge in [0.2, 0.25) is 0 Å². The molecule has 0 amide bonds. The Hall–Kier alpha value is -1.76. The van der Waals surface area contributed by atoms with E-state index >= 15 is 0 Å². The van der Waals surface area contributed by atoms with Gasteiger partial charge in [0.1, 0.15) is 5.75 Å².